The number of rotatable bonds is 4. The lowest BCUT2D eigenvalue weighted by atomic mass is 10.00. The first-order valence-corrected chi connectivity index (χ1v) is 11.9. The molecule has 10 heteroatoms. The van der Waals surface area contributed by atoms with E-state index in [4.69, 9.17) is 34.9 Å². The lowest BCUT2D eigenvalue weighted by Crippen LogP contribution is -2.63. The Hall–Kier alpha value is -3.34. The summed E-state index contributed by atoms with van der Waals surface area (Å²) in [7, 11) is 0. The highest BCUT2D eigenvalue weighted by molar-refractivity contribution is 5.94. The minimum absolute atomic E-state index is 0.178. The van der Waals surface area contributed by atoms with Gasteiger partial charge in [-0.2, -0.15) is 9.97 Å². The van der Waals surface area contributed by atoms with Crippen LogP contribution in [-0.4, -0.2) is 85.2 Å². The maximum absolute atomic E-state index is 11.7. The summed E-state index contributed by atoms with van der Waals surface area (Å²) in [4.78, 5) is 31.0. The molecule has 2 aromatic heterocycles. The third-order valence-electron chi connectivity index (χ3n) is 6.87. The van der Waals surface area contributed by atoms with Crippen LogP contribution in [0.15, 0.2) is 36.4 Å². The van der Waals surface area contributed by atoms with Crippen molar-refractivity contribution in [2.24, 2.45) is 5.73 Å². The van der Waals surface area contributed by atoms with Gasteiger partial charge in [-0.25, -0.2) is 4.98 Å². The summed E-state index contributed by atoms with van der Waals surface area (Å²) in [5.41, 5.74) is 7.78. The smallest absolute Gasteiger partial charge is 0.248 e. The molecule has 6 rings (SSSR count). The normalized spacial score (nSPS) is 21.8. The van der Waals surface area contributed by atoms with Gasteiger partial charge >= 0.3 is 0 Å². The second kappa shape index (κ2) is 8.71. The molecule has 0 aliphatic carbocycles. The summed E-state index contributed by atoms with van der Waals surface area (Å²) in [6, 6.07) is 11.3. The van der Waals surface area contributed by atoms with Crippen molar-refractivity contribution in [1.29, 1.82) is 0 Å². The minimum Gasteiger partial charge on any atom is -0.377 e. The molecule has 35 heavy (non-hydrogen) atoms. The first-order valence-electron chi connectivity index (χ1n) is 11.9. The molecule has 5 heterocycles. The Bertz CT molecular complexity index is 1280. The van der Waals surface area contributed by atoms with E-state index in [-0.39, 0.29) is 11.6 Å². The predicted molar refractivity (Wildman–Crippen MR) is 131 cm³/mol. The van der Waals surface area contributed by atoms with E-state index in [1.165, 1.54) is 0 Å². The number of nitrogens with two attached hydrogens (primary N) is 1. The molecule has 2 N–H and O–H groups in total. The van der Waals surface area contributed by atoms with Crippen molar-refractivity contribution < 1.29 is 19.0 Å². The van der Waals surface area contributed by atoms with Gasteiger partial charge in [-0.05, 0) is 31.2 Å². The molecule has 182 valence electrons. The number of ether oxygens (including phenoxy) is 3. The molecule has 3 saturated heterocycles. The van der Waals surface area contributed by atoms with Gasteiger partial charge in [-0.15, -0.1) is 0 Å². The van der Waals surface area contributed by atoms with E-state index in [1.54, 1.807) is 18.2 Å². The zero-order valence-electron chi connectivity index (χ0n) is 19.6. The van der Waals surface area contributed by atoms with E-state index in [9.17, 15) is 4.79 Å². The average Bonchev–Trinajstić information content (AvgIpc) is 2.87. The molecule has 0 unspecified atom stereocenters. The van der Waals surface area contributed by atoms with Gasteiger partial charge in [0.25, 0.3) is 0 Å². The number of fused-ring (bicyclic) bond motifs is 1. The number of morpholine rings is 2. The van der Waals surface area contributed by atoms with Crippen LogP contribution in [0.5, 0.6) is 0 Å². The Morgan fingerprint density at radius 1 is 1.09 bits per heavy atom. The Morgan fingerprint density at radius 3 is 2.74 bits per heavy atom. The van der Waals surface area contributed by atoms with Crippen LogP contribution in [0.4, 0.5) is 11.8 Å². The number of carbonyl (C=O) groups is 1. The van der Waals surface area contributed by atoms with E-state index < -0.39 is 5.91 Å². The molecule has 10 nitrogen and oxygen atoms in total. The highest BCUT2D eigenvalue weighted by atomic mass is 16.6. The van der Waals surface area contributed by atoms with Gasteiger partial charge in [-0.3, -0.25) is 4.79 Å². The second-order valence-corrected chi connectivity index (χ2v) is 9.42. The minimum atomic E-state index is -0.470. The lowest BCUT2D eigenvalue weighted by Gasteiger charge is -2.47. The van der Waals surface area contributed by atoms with Crippen LogP contribution in [0.2, 0.25) is 0 Å². The number of primary amides is 1. The zero-order chi connectivity index (χ0) is 24.0. The number of pyridine rings is 1. The summed E-state index contributed by atoms with van der Waals surface area (Å²) in [6.45, 7) is 7.32. The number of aromatic nitrogens is 3. The molecule has 3 fully saturated rings. The SMILES string of the molecule is C[C@H]1COCCN1c1nc(N2CCOC3(COC3)C2)nc2nc(-c3cccc(C(N)=O)c3)ccc12. The molecule has 3 aliphatic rings. The number of hydrogen-bond donors (Lipinski definition) is 1. The van der Waals surface area contributed by atoms with Gasteiger partial charge in [-0.1, -0.05) is 12.1 Å². The van der Waals surface area contributed by atoms with Crippen LogP contribution < -0.4 is 15.5 Å². The number of carbonyl (C=O) groups excluding carboxylic acids is 1. The van der Waals surface area contributed by atoms with Crippen molar-refractivity contribution in [2.75, 3.05) is 62.5 Å². The van der Waals surface area contributed by atoms with Crippen molar-refractivity contribution in [3.05, 3.63) is 42.0 Å². The Balaban J connectivity index is 1.46. The molecule has 3 aromatic rings. The Kier molecular flexibility index (Phi) is 5.51. The molecular formula is C25H28N6O4. The monoisotopic (exact) mass is 476 g/mol. The quantitative estimate of drug-likeness (QED) is 0.600. The molecule has 1 aromatic carbocycles. The van der Waals surface area contributed by atoms with Gasteiger partial charge in [0.05, 0.1) is 56.7 Å². The molecule has 3 aliphatic heterocycles. The summed E-state index contributed by atoms with van der Waals surface area (Å²) >= 11 is 0. The topological polar surface area (TPSA) is 116 Å². The standard InChI is InChI=1S/C25H28N6O4/c1-16-12-33-9-8-31(16)23-19-5-6-20(17-3-2-4-18(11-17)21(26)32)27-22(19)28-24(29-23)30-7-10-35-25(13-30)14-34-15-25/h2-6,11,16H,7-10,12-15H2,1H3,(H2,26,32)/t16-/m0/s1. The maximum Gasteiger partial charge on any atom is 0.248 e. The third kappa shape index (κ3) is 4.07. The summed E-state index contributed by atoms with van der Waals surface area (Å²) in [5.74, 6) is 1.02. The number of nitrogens with zero attached hydrogens (tertiary/aromatic N) is 5. The summed E-state index contributed by atoms with van der Waals surface area (Å²) in [6.07, 6.45) is 0. The van der Waals surface area contributed by atoms with E-state index >= 15 is 0 Å². The van der Waals surface area contributed by atoms with Crippen LogP contribution >= 0.6 is 0 Å². The number of anilines is 2. The van der Waals surface area contributed by atoms with E-state index in [1.807, 2.05) is 18.2 Å². The number of hydrogen-bond acceptors (Lipinski definition) is 9. The average molecular weight is 477 g/mol. The predicted octanol–water partition coefficient (Wildman–Crippen LogP) is 1.62. The Labute approximate surface area is 203 Å². The van der Waals surface area contributed by atoms with Gasteiger partial charge in [0.15, 0.2) is 5.65 Å². The number of benzene rings is 1. The molecular weight excluding hydrogens is 448 g/mol. The molecule has 0 bridgehead atoms. The van der Waals surface area contributed by atoms with Gasteiger partial charge in [0, 0.05) is 24.2 Å². The van der Waals surface area contributed by atoms with Crippen molar-refractivity contribution in [3.63, 3.8) is 0 Å². The van der Waals surface area contributed by atoms with Gasteiger partial charge in [0.2, 0.25) is 11.9 Å². The number of amides is 1. The van der Waals surface area contributed by atoms with Crippen LogP contribution in [-0.2, 0) is 14.2 Å². The highest BCUT2D eigenvalue weighted by Gasteiger charge is 2.44. The fourth-order valence-corrected chi connectivity index (χ4v) is 4.90. The first kappa shape index (κ1) is 22.1. The van der Waals surface area contributed by atoms with Crippen molar-refractivity contribution in [2.45, 2.75) is 18.6 Å². The highest BCUT2D eigenvalue weighted by Crippen LogP contribution is 2.33. The van der Waals surface area contributed by atoms with Crippen LogP contribution in [0.1, 0.15) is 17.3 Å². The summed E-state index contributed by atoms with van der Waals surface area (Å²) < 4.78 is 17.1. The largest absolute Gasteiger partial charge is 0.377 e. The molecule has 0 saturated carbocycles. The van der Waals surface area contributed by atoms with Crippen LogP contribution in [0, 0.1) is 0 Å². The first-order chi connectivity index (χ1) is 17.0. The molecule has 1 amide bonds. The van der Waals surface area contributed by atoms with E-state index in [0.717, 1.165) is 29.0 Å². The van der Waals surface area contributed by atoms with Crippen LogP contribution in [0.25, 0.3) is 22.3 Å². The molecule has 1 atom stereocenters. The van der Waals surface area contributed by atoms with Gasteiger partial charge < -0.3 is 29.7 Å². The lowest BCUT2D eigenvalue weighted by molar-refractivity contribution is -0.212. The maximum atomic E-state index is 11.7. The van der Waals surface area contributed by atoms with Gasteiger partial charge in [0.1, 0.15) is 11.4 Å². The Morgan fingerprint density at radius 2 is 1.97 bits per heavy atom. The van der Waals surface area contributed by atoms with Crippen molar-refractivity contribution in [3.8, 4) is 11.3 Å². The molecule has 1 spiro atoms. The second-order valence-electron chi connectivity index (χ2n) is 9.42. The third-order valence-corrected chi connectivity index (χ3v) is 6.87. The zero-order valence-corrected chi connectivity index (χ0v) is 19.6. The van der Waals surface area contributed by atoms with E-state index in [2.05, 4.69) is 16.7 Å². The fourth-order valence-electron chi connectivity index (χ4n) is 4.90. The van der Waals surface area contributed by atoms with Crippen LogP contribution in [0.3, 0.4) is 0 Å². The van der Waals surface area contributed by atoms with Crippen molar-refractivity contribution >= 4 is 28.7 Å². The van der Waals surface area contributed by atoms with E-state index in [0.29, 0.717) is 63.3 Å². The molecule has 0 radical (unpaired) electrons. The fraction of sp³-hybridized carbons (Fsp3) is 0.440. The van der Waals surface area contributed by atoms with Crippen molar-refractivity contribution in [1.82, 2.24) is 15.0 Å². The summed E-state index contributed by atoms with van der Waals surface area (Å²) in [5, 5.41) is 0.882.